The van der Waals surface area contributed by atoms with Crippen molar-refractivity contribution in [3.8, 4) is 0 Å². The van der Waals surface area contributed by atoms with Gasteiger partial charge >= 0.3 is 0 Å². The maximum absolute atomic E-state index is 15.1. The molecule has 3 saturated heterocycles. The number of anilines is 3. The van der Waals surface area contributed by atoms with Gasteiger partial charge in [-0.25, -0.2) is 4.39 Å². The van der Waals surface area contributed by atoms with E-state index in [0.29, 0.717) is 19.0 Å². The molecule has 4 aliphatic heterocycles. The van der Waals surface area contributed by atoms with Crippen molar-refractivity contribution in [3.05, 3.63) is 57.4 Å². The third-order valence-corrected chi connectivity index (χ3v) is 8.27. The monoisotopic (exact) mass is 565 g/mol. The van der Waals surface area contributed by atoms with Gasteiger partial charge in [-0.1, -0.05) is 0 Å². The number of carbonyl (C=O) groups is 4. The topological polar surface area (TPSA) is 162 Å². The summed E-state index contributed by atoms with van der Waals surface area (Å²) in [5.74, 6) is -2.88. The molecule has 4 amide bonds. The normalized spacial score (nSPS) is 21.7. The van der Waals surface area contributed by atoms with E-state index in [9.17, 15) is 29.3 Å². The first kappa shape index (κ1) is 26.6. The van der Waals surface area contributed by atoms with Crippen LogP contribution in [0.5, 0.6) is 0 Å². The highest BCUT2D eigenvalue weighted by Gasteiger charge is 2.45. The molecule has 0 saturated carbocycles. The van der Waals surface area contributed by atoms with Crippen LogP contribution >= 0.6 is 0 Å². The van der Waals surface area contributed by atoms with Gasteiger partial charge in [-0.2, -0.15) is 0 Å². The second kappa shape index (κ2) is 10.1. The van der Waals surface area contributed by atoms with Gasteiger partial charge in [-0.3, -0.25) is 44.4 Å². The molecule has 0 aromatic heterocycles. The fourth-order valence-corrected chi connectivity index (χ4v) is 6.06. The van der Waals surface area contributed by atoms with E-state index >= 15 is 4.39 Å². The molecule has 1 atom stereocenters. The third-order valence-electron chi connectivity index (χ3n) is 8.27. The van der Waals surface area contributed by atoms with Gasteiger partial charge in [0.15, 0.2) is 0 Å². The molecule has 0 spiro atoms. The number of nitrogens with one attached hydrogen (secondary N) is 1. The van der Waals surface area contributed by atoms with Crippen LogP contribution in [-0.2, 0) is 9.59 Å². The average Bonchev–Trinajstić information content (AvgIpc) is 3.14. The molecule has 2 aromatic rings. The zero-order chi connectivity index (χ0) is 29.0. The Morgan fingerprint density at radius 3 is 2.29 bits per heavy atom. The van der Waals surface area contributed by atoms with Crippen LogP contribution in [0.2, 0.25) is 0 Å². The fraction of sp³-hybridized carbons (Fsp3) is 0.407. The van der Waals surface area contributed by atoms with Crippen molar-refractivity contribution < 1.29 is 28.5 Å². The summed E-state index contributed by atoms with van der Waals surface area (Å²) in [5, 5.41) is 13.2. The van der Waals surface area contributed by atoms with E-state index in [1.807, 2.05) is 4.90 Å². The maximum Gasteiger partial charge on any atom is 0.292 e. The number of nitrogens with two attached hydrogens (primary N) is 1. The van der Waals surface area contributed by atoms with Crippen LogP contribution < -0.4 is 20.9 Å². The quantitative estimate of drug-likeness (QED) is 0.223. The van der Waals surface area contributed by atoms with Crippen LogP contribution in [0, 0.1) is 21.8 Å². The molecule has 41 heavy (non-hydrogen) atoms. The summed E-state index contributed by atoms with van der Waals surface area (Å²) in [6, 6.07) is 6.12. The fourth-order valence-electron chi connectivity index (χ4n) is 6.06. The molecule has 1 unspecified atom stereocenters. The number of benzene rings is 2. The molecule has 0 radical (unpaired) electrons. The Balaban J connectivity index is 1.04. The Morgan fingerprint density at radius 1 is 0.976 bits per heavy atom. The minimum absolute atomic E-state index is 0.0132. The molecule has 2 aromatic carbocycles. The van der Waals surface area contributed by atoms with Gasteiger partial charge in [0.2, 0.25) is 11.8 Å². The number of imide groups is 2. The minimum Gasteiger partial charge on any atom is -0.393 e. The number of halogens is 1. The number of hydrogen-bond donors (Lipinski definition) is 2. The molecule has 214 valence electrons. The van der Waals surface area contributed by atoms with Gasteiger partial charge in [-0.15, -0.1) is 0 Å². The number of carbonyl (C=O) groups excluding carboxylic acids is 4. The van der Waals surface area contributed by atoms with Crippen molar-refractivity contribution in [2.75, 3.05) is 61.3 Å². The smallest absolute Gasteiger partial charge is 0.292 e. The van der Waals surface area contributed by atoms with E-state index in [-0.39, 0.29) is 41.0 Å². The summed E-state index contributed by atoms with van der Waals surface area (Å²) >= 11 is 0. The lowest BCUT2D eigenvalue weighted by Gasteiger charge is -2.45. The molecule has 13 nitrogen and oxygen atoms in total. The highest BCUT2D eigenvalue weighted by atomic mass is 19.1. The number of nitrogen functional groups attached to an aromatic ring is 1. The number of nitrogens with zero attached hydrogens (tertiary/aromatic N) is 5. The zero-order valence-corrected chi connectivity index (χ0v) is 22.0. The van der Waals surface area contributed by atoms with Gasteiger partial charge in [0.25, 0.3) is 17.5 Å². The van der Waals surface area contributed by atoms with Crippen molar-refractivity contribution in [1.82, 2.24) is 15.1 Å². The summed E-state index contributed by atoms with van der Waals surface area (Å²) in [4.78, 5) is 67.4. The van der Waals surface area contributed by atoms with Crippen molar-refractivity contribution in [1.29, 1.82) is 0 Å². The molecule has 6 rings (SSSR count). The summed E-state index contributed by atoms with van der Waals surface area (Å²) < 4.78 is 15.1. The van der Waals surface area contributed by atoms with E-state index < -0.39 is 40.4 Å². The molecule has 14 heteroatoms. The van der Waals surface area contributed by atoms with E-state index in [0.717, 1.165) is 49.4 Å². The highest BCUT2D eigenvalue weighted by molar-refractivity contribution is 6.23. The van der Waals surface area contributed by atoms with Gasteiger partial charge in [-0.05, 0) is 30.7 Å². The van der Waals surface area contributed by atoms with Crippen LogP contribution in [0.4, 0.5) is 27.1 Å². The summed E-state index contributed by atoms with van der Waals surface area (Å²) in [7, 11) is 0. The Kier molecular flexibility index (Phi) is 6.56. The second-order valence-corrected chi connectivity index (χ2v) is 10.9. The predicted octanol–water partition coefficient (Wildman–Crippen LogP) is 0.976. The molecular weight excluding hydrogens is 537 g/mol. The molecular formula is C27H28FN7O6. The molecule has 3 N–H and O–H groups in total. The largest absolute Gasteiger partial charge is 0.393 e. The predicted molar refractivity (Wildman–Crippen MR) is 145 cm³/mol. The van der Waals surface area contributed by atoms with Gasteiger partial charge in [0.05, 0.1) is 21.7 Å². The average molecular weight is 566 g/mol. The molecule has 0 bridgehead atoms. The standard InChI is InChI=1S/C27H28FN7O6/c28-19-10-17-18(27(39)34(26(17)38)22-3-4-24(36)30-25(22)37)11-23(19)33-13-15(14-33)12-31-5-7-32(8-6-31)16-1-2-21(35(40)41)20(29)9-16/h1-2,9-11,15,22H,3-8,12-14,29H2,(H,30,36,37). The highest BCUT2D eigenvalue weighted by Crippen LogP contribution is 2.35. The third kappa shape index (κ3) is 4.73. The first-order valence-electron chi connectivity index (χ1n) is 13.4. The Morgan fingerprint density at radius 2 is 1.66 bits per heavy atom. The van der Waals surface area contributed by atoms with E-state index in [1.165, 1.54) is 12.1 Å². The van der Waals surface area contributed by atoms with Crippen molar-refractivity contribution in [2.24, 2.45) is 5.92 Å². The van der Waals surface area contributed by atoms with E-state index in [1.54, 1.807) is 12.1 Å². The van der Waals surface area contributed by atoms with Crippen LogP contribution in [0.25, 0.3) is 0 Å². The number of amides is 4. The number of rotatable bonds is 6. The van der Waals surface area contributed by atoms with E-state index in [2.05, 4.69) is 15.1 Å². The first-order valence-corrected chi connectivity index (χ1v) is 13.4. The molecule has 0 aliphatic carbocycles. The van der Waals surface area contributed by atoms with Crippen molar-refractivity contribution in [2.45, 2.75) is 18.9 Å². The Bertz CT molecular complexity index is 1480. The van der Waals surface area contributed by atoms with Gasteiger partial charge in [0.1, 0.15) is 17.5 Å². The number of fused-ring (bicyclic) bond motifs is 1. The lowest BCUT2D eigenvalue weighted by Crippen LogP contribution is -2.55. The summed E-state index contributed by atoms with van der Waals surface area (Å²) in [6.45, 7) is 5.09. The lowest BCUT2D eigenvalue weighted by atomic mass is 9.96. The van der Waals surface area contributed by atoms with Crippen LogP contribution in [0.1, 0.15) is 33.6 Å². The number of piperidine rings is 1. The SMILES string of the molecule is Nc1cc(N2CCN(CC3CN(c4cc5c(cc4F)C(=O)N(C4CCC(=O)NC4=O)C5=O)C3)CC2)ccc1[N+](=O)[O-]. The Hall–Kier alpha value is -4.59. The minimum atomic E-state index is -1.10. The number of nitro groups is 1. The second-order valence-electron chi connectivity index (χ2n) is 10.9. The number of hydrogen-bond acceptors (Lipinski definition) is 10. The van der Waals surface area contributed by atoms with Crippen molar-refractivity contribution >= 4 is 46.4 Å². The van der Waals surface area contributed by atoms with Crippen LogP contribution in [0.15, 0.2) is 30.3 Å². The number of nitro benzene ring substituents is 1. The van der Waals surface area contributed by atoms with Gasteiger partial charge < -0.3 is 15.5 Å². The van der Waals surface area contributed by atoms with E-state index in [4.69, 9.17) is 5.73 Å². The zero-order valence-electron chi connectivity index (χ0n) is 22.0. The summed E-state index contributed by atoms with van der Waals surface area (Å²) in [6.07, 6.45) is 0.0504. The Labute approximate surface area is 233 Å². The lowest BCUT2D eigenvalue weighted by molar-refractivity contribution is -0.383. The molecule has 3 fully saturated rings. The van der Waals surface area contributed by atoms with Crippen molar-refractivity contribution in [3.63, 3.8) is 0 Å². The maximum atomic E-state index is 15.1. The van der Waals surface area contributed by atoms with Crippen LogP contribution in [0.3, 0.4) is 0 Å². The van der Waals surface area contributed by atoms with Crippen LogP contribution in [-0.4, -0.2) is 90.2 Å². The first-order chi connectivity index (χ1) is 19.6. The van der Waals surface area contributed by atoms with Gasteiger partial charge in [0, 0.05) is 69.9 Å². The molecule has 4 aliphatic rings. The summed E-state index contributed by atoms with van der Waals surface area (Å²) in [5.41, 5.74) is 6.94. The molecule has 4 heterocycles. The number of piperazine rings is 1.